The first-order valence-corrected chi connectivity index (χ1v) is 7.86. The van der Waals surface area contributed by atoms with Crippen molar-refractivity contribution in [3.8, 4) is 0 Å². The summed E-state index contributed by atoms with van der Waals surface area (Å²) in [6.45, 7) is -0.0249. The first-order chi connectivity index (χ1) is 10.0. The molecule has 1 aromatic carbocycles. The lowest BCUT2D eigenvalue weighted by Gasteiger charge is -2.14. The van der Waals surface area contributed by atoms with Crippen LogP contribution in [-0.4, -0.2) is 46.0 Å². The summed E-state index contributed by atoms with van der Waals surface area (Å²) in [4.78, 5) is 36.3. The van der Waals surface area contributed by atoms with Gasteiger partial charge in [-0.15, -0.1) is 0 Å². The smallest absolute Gasteiger partial charge is 0.336 e. The number of carboxylic acids is 1. The Balaban J connectivity index is 2.15. The van der Waals surface area contributed by atoms with Gasteiger partial charge in [-0.25, -0.2) is 9.59 Å². The van der Waals surface area contributed by atoms with Crippen molar-refractivity contribution in [3.63, 3.8) is 0 Å². The van der Waals surface area contributed by atoms with E-state index in [0.717, 1.165) is 10.7 Å². The summed E-state index contributed by atoms with van der Waals surface area (Å²) in [7, 11) is 0. The number of aromatic carboxylic acids is 1. The molecule has 7 heteroatoms. The van der Waals surface area contributed by atoms with E-state index in [9.17, 15) is 14.4 Å². The molecule has 0 spiro atoms. The predicted octanol–water partition coefficient (Wildman–Crippen LogP) is 1.56. The van der Waals surface area contributed by atoms with E-state index < -0.39 is 18.0 Å². The second-order valence-electron chi connectivity index (χ2n) is 4.67. The van der Waals surface area contributed by atoms with E-state index in [-0.39, 0.29) is 18.0 Å². The normalized spacial score (nSPS) is 18.0. The number of urea groups is 1. The van der Waals surface area contributed by atoms with E-state index in [4.69, 9.17) is 5.11 Å². The Hall–Kier alpha value is -2.02. The molecule has 1 aromatic rings. The van der Waals surface area contributed by atoms with Gasteiger partial charge in [-0.3, -0.25) is 9.69 Å². The van der Waals surface area contributed by atoms with Gasteiger partial charge in [-0.2, -0.15) is 11.8 Å². The molecule has 2 rings (SSSR count). The Labute approximate surface area is 126 Å². The molecule has 1 unspecified atom stereocenters. The summed E-state index contributed by atoms with van der Waals surface area (Å²) >= 11 is 1.60. The summed E-state index contributed by atoms with van der Waals surface area (Å²) in [5.74, 6) is -0.596. The highest BCUT2D eigenvalue weighted by Crippen LogP contribution is 2.17. The molecular formula is C14H16N2O4S. The maximum Gasteiger partial charge on any atom is 0.336 e. The first kappa shape index (κ1) is 15.4. The highest BCUT2D eigenvalue weighted by Gasteiger charge is 2.37. The average molecular weight is 308 g/mol. The number of imide groups is 1. The molecule has 1 aliphatic rings. The van der Waals surface area contributed by atoms with Gasteiger partial charge in [0, 0.05) is 0 Å². The van der Waals surface area contributed by atoms with Crippen molar-refractivity contribution >= 4 is 29.7 Å². The second kappa shape index (κ2) is 6.62. The standard InChI is InChI=1S/C14H16N2O4S/c1-21-7-6-11-12(17)16(14(20)15-11)8-9-4-2-3-5-10(9)13(18)19/h2-5,11H,6-8H2,1H3,(H,15,20)(H,18,19). The topological polar surface area (TPSA) is 86.7 Å². The molecule has 0 saturated carbocycles. The number of hydrogen-bond acceptors (Lipinski definition) is 4. The van der Waals surface area contributed by atoms with Crippen molar-refractivity contribution in [1.29, 1.82) is 0 Å². The molecule has 0 aliphatic carbocycles. The molecule has 0 radical (unpaired) electrons. The summed E-state index contributed by atoms with van der Waals surface area (Å²) < 4.78 is 0. The third kappa shape index (κ3) is 3.36. The van der Waals surface area contributed by atoms with Crippen LogP contribution in [0.25, 0.3) is 0 Å². The Morgan fingerprint density at radius 3 is 2.76 bits per heavy atom. The molecule has 6 nitrogen and oxygen atoms in total. The number of nitrogens with one attached hydrogen (secondary N) is 1. The summed E-state index contributed by atoms with van der Waals surface area (Å²) in [6, 6.07) is 5.39. The van der Waals surface area contributed by atoms with Gasteiger partial charge in [0.25, 0.3) is 5.91 Å². The minimum atomic E-state index is -1.07. The van der Waals surface area contributed by atoms with Crippen LogP contribution < -0.4 is 5.32 Å². The van der Waals surface area contributed by atoms with Gasteiger partial charge < -0.3 is 10.4 Å². The number of hydrogen-bond donors (Lipinski definition) is 2. The van der Waals surface area contributed by atoms with Gasteiger partial charge in [0.05, 0.1) is 12.1 Å². The number of carbonyl (C=O) groups excluding carboxylic acids is 2. The summed E-state index contributed by atoms with van der Waals surface area (Å²) in [5.41, 5.74) is 0.546. The number of carbonyl (C=O) groups is 3. The number of thioether (sulfide) groups is 1. The van der Waals surface area contributed by atoms with E-state index in [1.54, 1.807) is 30.0 Å². The van der Waals surface area contributed by atoms with Crippen LogP contribution in [0.2, 0.25) is 0 Å². The van der Waals surface area contributed by atoms with Crippen LogP contribution >= 0.6 is 11.8 Å². The van der Waals surface area contributed by atoms with Crippen molar-refractivity contribution < 1.29 is 19.5 Å². The van der Waals surface area contributed by atoms with Gasteiger partial charge in [-0.1, -0.05) is 18.2 Å². The Morgan fingerprint density at radius 2 is 2.10 bits per heavy atom. The fourth-order valence-electron chi connectivity index (χ4n) is 2.20. The number of rotatable bonds is 6. The quantitative estimate of drug-likeness (QED) is 0.779. The zero-order chi connectivity index (χ0) is 15.4. The molecule has 1 heterocycles. The van der Waals surface area contributed by atoms with Crippen LogP contribution in [0.3, 0.4) is 0 Å². The molecule has 112 valence electrons. The monoisotopic (exact) mass is 308 g/mol. The molecule has 1 saturated heterocycles. The largest absolute Gasteiger partial charge is 0.478 e. The highest BCUT2D eigenvalue weighted by molar-refractivity contribution is 7.98. The van der Waals surface area contributed by atoms with Crippen molar-refractivity contribution in [2.24, 2.45) is 0 Å². The zero-order valence-corrected chi connectivity index (χ0v) is 12.4. The minimum Gasteiger partial charge on any atom is -0.478 e. The van der Waals surface area contributed by atoms with Crippen molar-refractivity contribution in [2.75, 3.05) is 12.0 Å². The maximum absolute atomic E-state index is 12.2. The summed E-state index contributed by atoms with van der Waals surface area (Å²) in [5, 5.41) is 11.8. The average Bonchev–Trinajstić information content (AvgIpc) is 2.73. The second-order valence-corrected chi connectivity index (χ2v) is 5.66. The van der Waals surface area contributed by atoms with Crippen LogP contribution in [0, 0.1) is 0 Å². The molecule has 21 heavy (non-hydrogen) atoms. The molecule has 1 aliphatic heterocycles. The number of nitrogens with zero attached hydrogens (tertiary/aromatic N) is 1. The van der Waals surface area contributed by atoms with E-state index in [0.29, 0.717) is 12.0 Å². The van der Waals surface area contributed by atoms with Crippen LogP contribution in [0.4, 0.5) is 4.79 Å². The highest BCUT2D eigenvalue weighted by atomic mass is 32.2. The zero-order valence-electron chi connectivity index (χ0n) is 11.5. The van der Waals surface area contributed by atoms with Gasteiger partial charge in [0.15, 0.2) is 0 Å². The lowest BCUT2D eigenvalue weighted by atomic mass is 10.1. The van der Waals surface area contributed by atoms with Crippen LogP contribution in [0.5, 0.6) is 0 Å². The Bertz CT molecular complexity index is 576. The van der Waals surface area contributed by atoms with Crippen molar-refractivity contribution in [3.05, 3.63) is 35.4 Å². The van der Waals surface area contributed by atoms with Crippen LogP contribution in [-0.2, 0) is 11.3 Å². The lowest BCUT2D eigenvalue weighted by molar-refractivity contribution is -0.127. The van der Waals surface area contributed by atoms with Gasteiger partial charge in [0.2, 0.25) is 0 Å². The Kier molecular flexibility index (Phi) is 4.85. The van der Waals surface area contributed by atoms with Gasteiger partial charge in [0.1, 0.15) is 6.04 Å². The third-order valence-electron chi connectivity index (χ3n) is 3.29. The molecule has 0 bridgehead atoms. The SMILES string of the molecule is CSCCC1NC(=O)N(Cc2ccccc2C(=O)O)C1=O. The molecule has 3 amide bonds. The van der Waals surface area contributed by atoms with Crippen molar-refractivity contribution in [2.45, 2.75) is 19.0 Å². The van der Waals surface area contributed by atoms with E-state index in [1.807, 2.05) is 6.26 Å². The molecule has 0 aromatic heterocycles. The van der Waals surface area contributed by atoms with E-state index in [2.05, 4.69) is 5.32 Å². The van der Waals surface area contributed by atoms with Crippen LogP contribution in [0.1, 0.15) is 22.3 Å². The molecule has 1 fully saturated rings. The third-order valence-corrected chi connectivity index (χ3v) is 3.94. The fraction of sp³-hybridized carbons (Fsp3) is 0.357. The Morgan fingerprint density at radius 1 is 1.38 bits per heavy atom. The minimum absolute atomic E-state index is 0.0249. The first-order valence-electron chi connectivity index (χ1n) is 6.46. The van der Waals surface area contributed by atoms with Crippen LogP contribution in [0.15, 0.2) is 24.3 Å². The van der Waals surface area contributed by atoms with Crippen molar-refractivity contribution in [1.82, 2.24) is 10.2 Å². The molecule has 2 N–H and O–H groups in total. The lowest BCUT2D eigenvalue weighted by Crippen LogP contribution is -2.31. The maximum atomic E-state index is 12.2. The number of carboxylic acid groups (broad SMARTS) is 1. The summed E-state index contributed by atoms with van der Waals surface area (Å²) in [6.07, 6.45) is 2.50. The van der Waals surface area contributed by atoms with E-state index in [1.165, 1.54) is 6.07 Å². The number of amides is 3. The molecule has 1 atom stereocenters. The molecular weight excluding hydrogens is 292 g/mol. The number of benzene rings is 1. The predicted molar refractivity (Wildman–Crippen MR) is 79.3 cm³/mol. The van der Waals surface area contributed by atoms with E-state index >= 15 is 0 Å². The van der Waals surface area contributed by atoms with Gasteiger partial charge >= 0.3 is 12.0 Å². The van der Waals surface area contributed by atoms with Gasteiger partial charge in [-0.05, 0) is 30.1 Å². The fourth-order valence-corrected chi connectivity index (χ4v) is 2.67.